The summed E-state index contributed by atoms with van der Waals surface area (Å²) >= 11 is 0. The van der Waals surface area contributed by atoms with Crippen molar-refractivity contribution in [2.24, 2.45) is 0 Å². The number of benzene rings is 11. The molecule has 0 N–H and O–H groups in total. The highest BCUT2D eigenvalue weighted by Gasteiger charge is 2.44. The Morgan fingerprint density at radius 2 is 0.661 bits per heavy atom. The third-order valence-electron chi connectivity index (χ3n) is 13.1. The zero-order valence-electron chi connectivity index (χ0n) is 34.1. The zero-order chi connectivity index (χ0) is 41.0. The van der Waals surface area contributed by atoms with Gasteiger partial charge >= 0.3 is 0 Å². The molecule has 0 spiro atoms. The van der Waals surface area contributed by atoms with Crippen LogP contribution in [0.4, 0.5) is 17.1 Å². The van der Waals surface area contributed by atoms with Crippen molar-refractivity contribution in [3.8, 4) is 33.4 Å². The maximum Gasteiger partial charge on any atom is 0.0714 e. The highest BCUT2D eigenvalue weighted by molar-refractivity contribution is 6.16. The van der Waals surface area contributed by atoms with Crippen LogP contribution in [0.3, 0.4) is 0 Å². The number of anilines is 3. The molecule has 12 rings (SSSR count). The Hall–Kier alpha value is -8.00. The van der Waals surface area contributed by atoms with Crippen LogP contribution in [0.2, 0.25) is 0 Å². The molecule has 62 heavy (non-hydrogen) atoms. The molecular weight excluding hydrogens is 747 g/mol. The minimum atomic E-state index is -0.425. The number of hydrogen-bond acceptors (Lipinski definition) is 1. The van der Waals surface area contributed by atoms with Gasteiger partial charge in [0.15, 0.2) is 0 Å². The van der Waals surface area contributed by atoms with E-state index < -0.39 is 5.41 Å². The summed E-state index contributed by atoms with van der Waals surface area (Å²) in [6.45, 7) is 0. The summed E-state index contributed by atoms with van der Waals surface area (Å²) in [4.78, 5) is 2.36. The monoisotopic (exact) mass is 787 g/mol. The fraction of sp³-hybridized carbons (Fsp3) is 0.0164. The van der Waals surface area contributed by atoms with E-state index in [1.54, 1.807) is 0 Å². The first kappa shape index (κ1) is 35.9. The van der Waals surface area contributed by atoms with Crippen LogP contribution < -0.4 is 4.90 Å². The third-order valence-corrected chi connectivity index (χ3v) is 13.1. The van der Waals surface area contributed by atoms with Gasteiger partial charge in [-0.3, -0.25) is 0 Å². The first-order chi connectivity index (χ1) is 30.7. The first-order valence-electron chi connectivity index (χ1n) is 21.5. The molecule has 1 nitrogen and oxygen atoms in total. The van der Waals surface area contributed by atoms with Crippen molar-refractivity contribution < 1.29 is 0 Å². The molecule has 1 heteroatoms. The second-order valence-electron chi connectivity index (χ2n) is 16.4. The molecule has 1 aliphatic carbocycles. The van der Waals surface area contributed by atoms with Gasteiger partial charge in [0, 0.05) is 17.1 Å². The SMILES string of the molecule is c1ccc(-c2ccc(N(c3ccc(-c4ccc(C5(c6ccccc6)c6cccc7ccc8cccc5c8c67)cc4)cc3)c3ccc(-c4cccc5ccccc45)cc3)cc2)cc1. The van der Waals surface area contributed by atoms with Crippen LogP contribution in [0.1, 0.15) is 22.3 Å². The van der Waals surface area contributed by atoms with Crippen molar-refractivity contribution in [3.05, 3.63) is 271 Å². The molecule has 0 saturated heterocycles. The largest absolute Gasteiger partial charge is 0.311 e. The van der Waals surface area contributed by atoms with Crippen LogP contribution in [0.15, 0.2) is 249 Å². The van der Waals surface area contributed by atoms with Crippen LogP contribution in [0.5, 0.6) is 0 Å². The van der Waals surface area contributed by atoms with E-state index >= 15 is 0 Å². The topological polar surface area (TPSA) is 3.24 Å². The lowest BCUT2D eigenvalue weighted by Gasteiger charge is -2.34. The van der Waals surface area contributed by atoms with Crippen molar-refractivity contribution >= 4 is 49.4 Å². The molecule has 0 bridgehead atoms. The Labute approximate surface area is 362 Å². The maximum absolute atomic E-state index is 2.36. The molecule has 0 amide bonds. The molecule has 0 heterocycles. The second-order valence-corrected chi connectivity index (χ2v) is 16.4. The maximum atomic E-state index is 2.36. The molecule has 11 aromatic carbocycles. The van der Waals surface area contributed by atoms with Gasteiger partial charge in [-0.2, -0.15) is 0 Å². The molecule has 0 aromatic heterocycles. The smallest absolute Gasteiger partial charge is 0.0714 e. The lowest BCUT2D eigenvalue weighted by Crippen LogP contribution is -2.28. The molecule has 0 aliphatic heterocycles. The molecule has 0 atom stereocenters. The molecular formula is C61H41N. The highest BCUT2D eigenvalue weighted by atomic mass is 15.1. The summed E-state index contributed by atoms with van der Waals surface area (Å²) in [5.74, 6) is 0. The Morgan fingerprint density at radius 1 is 0.258 bits per heavy atom. The average molecular weight is 788 g/mol. The van der Waals surface area contributed by atoms with Gasteiger partial charge in [0.25, 0.3) is 0 Å². The van der Waals surface area contributed by atoms with Gasteiger partial charge < -0.3 is 4.90 Å². The summed E-state index contributed by atoms with van der Waals surface area (Å²) in [6, 6.07) is 91.4. The van der Waals surface area contributed by atoms with Gasteiger partial charge in [-0.15, -0.1) is 0 Å². The van der Waals surface area contributed by atoms with Gasteiger partial charge in [0.05, 0.1) is 5.41 Å². The van der Waals surface area contributed by atoms with E-state index in [1.807, 2.05) is 0 Å². The molecule has 11 aromatic rings. The highest BCUT2D eigenvalue weighted by Crippen LogP contribution is 2.56. The Morgan fingerprint density at radius 3 is 1.23 bits per heavy atom. The Kier molecular flexibility index (Phi) is 8.47. The van der Waals surface area contributed by atoms with Crippen molar-refractivity contribution in [2.75, 3.05) is 4.90 Å². The molecule has 0 unspecified atom stereocenters. The number of nitrogens with zero attached hydrogens (tertiary/aromatic N) is 1. The standard InChI is InChI=1S/C61H41N/c1-3-12-42(13-4-1)44-28-36-52(37-29-44)62(54-40-32-47(33-41-54)56-21-9-15-46-14-7-8-20-55(46)56)53-38-30-45(31-39-53)43-26-34-51(35-27-43)61(50-18-5-2-6-19-50)57-22-10-16-48-24-25-49-17-11-23-58(61)60(49)59(48)57/h1-41H. The molecule has 290 valence electrons. The van der Waals surface area contributed by atoms with Gasteiger partial charge in [-0.05, 0) is 124 Å². The quantitative estimate of drug-likeness (QED) is 0.139. The first-order valence-corrected chi connectivity index (χ1v) is 21.5. The van der Waals surface area contributed by atoms with Crippen LogP contribution in [-0.4, -0.2) is 0 Å². The summed E-state index contributed by atoms with van der Waals surface area (Å²) in [5.41, 5.74) is 15.4. The summed E-state index contributed by atoms with van der Waals surface area (Å²) in [5, 5.41) is 7.83. The van der Waals surface area contributed by atoms with Crippen molar-refractivity contribution in [3.63, 3.8) is 0 Å². The Bertz CT molecular complexity index is 3340. The predicted octanol–water partition coefficient (Wildman–Crippen LogP) is 16.3. The van der Waals surface area contributed by atoms with Gasteiger partial charge in [0.1, 0.15) is 0 Å². The molecule has 1 aliphatic rings. The third kappa shape index (κ3) is 5.70. The second kappa shape index (κ2) is 14.6. The van der Waals surface area contributed by atoms with E-state index in [4.69, 9.17) is 0 Å². The predicted molar refractivity (Wildman–Crippen MR) is 262 cm³/mol. The average Bonchev–Trinajstić information content (AvgIpc) is 3.67. The summed E-state index contributed by atoms with van der Waals surface area (Å²) < 4.78 is 0. The lowest BCUT2D eigenvalue weighted by atomic mass is 9.67. The van der Waals surface area contributed by atoms with E-state index in [9.17, 15) is 0 Å². The van der Waals surface area contributed by atoms with Crippen molar-refractivity contribution in [1.82, 2.24) is 0 Å². The minimum Gasteiger partial charge on any atom is -0.311 e. The number of rotatable bonds is 8. The van der Waals surface area contributed by atoms with Crippen LogP contribution in [0.25, 0.3) is 65.7 Å². The van der Waals surface area contributed by atoms with E-state index in [0.29, 0.717) is 0 Å². The van der Waals surface area contributed by atoms with Crippen LogP contribution in [-0.2, 0) is 5.41 Å². The van der Waals surface area contributed by atoms with Crippen molar-refractivity contribution in [2.45, 2.75) is 5.41 Å². The van der Waals surface area contributed by atoms with Crippen molar-refractivity contribution in [1.29, 1.82) is 0 Å². The summed E-state index contributed by atoms with van der Waals surface area (Å²) in [7, 11) is 0. The minimum absolute atomic E-state index is 0.425. The molecule has 0 saturated carbocycles. The van der Waals surface area contributed by atoms with Gasteiger partial charge in [0.2, 0.25) is 0 Å². The molecule has 0 fully saturated rings. The fourth-order valence-corrected chi connectivity index (χ4v) is 10.3. The fourth-order valence-electron chi connectivity index (χ4n) is 10.3. The van der Waals surface area contributed by atoms with E-state index in [1.165, 1.54) is 88.0 Å². The number of fused-ring (bicyclic) bond motifs is 1. The van der Waals surface area contributed by atoms with Gasteiger partial charge in [-0.1, -0.05) is 212 Å². The van der Waals surface area contributed by atoms with E-state index in [0.717, 1.165) is 17.1 Å². The van der Waals surface area contributed by atoms with Gasteiger partial charge in [-0.25, -0.2) is 0 Å². The zero-order valence-corrected chi connectivity index (χ0v) is 34.1. The van der Waals surface area contributed by atoms with Crippen LogP contribution in [0, 0.1) is 0 Å². The van der Waals surface area contributed by atoms with E-state index in [-0.39, 0.29) is 0 Å². The summed E-state index contributed by atoms with van der Waals surface area (Å²) in [6.07, 6.45) is 0. The lowest BCUT2D eigenvalue weighted by molar-refractivity contribution is 0.771. The van der Waals surface area contributed by atoms with Crippen LogP contribution >= 0.6 is 0 Å². The van der Waals surface area contributed by atoms with E-state index in [2.05, 4.69) is 254 Å². The normalized spacial score (nSPS) is 12.6. The number of hydrogen-bond donors (Lipinski definition) is 0. The Balaban J connectivity index is 0.922. The molecule has 0 radical (unpaired) electrons.